The lowest BCUT2D eigenvalue weighted by atomic mass is 9.80. The Kier molecular flexibility index (Phi) is 5.93. The number of nitrogens with zero attached hydrogens (tertiary/aromatic N) is 1. The summed E-state index contributed by atoms with van der Waals surface area (Å²) in [6, 6.07) is 7.66. The number of amides is 2. The van der Waals surface area contributed by atoms with Crippen molar-refractivity contribution in [2.45, 2.75) is 44.9 Å². The fourth-order valence-corrected chi connectivity index (χ4v) is 4.16. The van der Waals surface area contributed by atoms with E-state index in [0.29, 0.717) is 5.91 Å². The van der Waals surface area contributed by atoms with Gasteiger partial charge < -0.3 is 10.2 Å². The van der Waals surface area contributed by atoms with Crippen LogP contribution in [0.1, 0.15) is 44.9 Å². The molecule has 0 unspecified atom stereocenters. The van der Waals surface area contributed by atoms with Gasteiger partial charge in [0, 0.05) is 29.4 Å². The lowest BCUT2D eigenvalue weighted by molar-refractivity contribution is -0.138. The highest BCUT2D eigenvalue weighted by Gasteiger charge is 2.32. The predicted octanol–water partition coefficient (Wildman–Crippen LogP) is 4.21. The Labute approximate surface area is 152 Å². The molecule has 0 bridgehead atoms. The Balaban J connectivity index is 1.50. The van der Waals surface area contributed by atoms with Crippen molar-refractivity contribution in [3.8, 4) is 0 Å². The summed E-state index contributed by atoms with van der Waals surface area (Å²) < 4.78 is 0.896. The first-order valence-corrected chi connectivity index (χ1v) is 9.78. The van der Waals surface area contributed by atoms with Crippen molar-refractivity contribution < 1.29 is 9.59 Å². The molecule has 1 N–H and O–H groups in total. The fourth-order valence-electron chi connectivity index (χ4n) is 3.77. The quantitative estimate of drug-likeness (QED) is 0.837. The van der Waals surface area contributed by atoms with E-state index in [4.69, 9.17) is 0 Å². The summed E-state index contributed by atoms with van der Waals surface area (Å²) in [7, 11) is 0. The van der Waals surface area contributed by atoms with E-state index >= 15 is 0 Å². The zero-order valence-corrected chi connectivity index (χ0v) is 15.6. The Morgan fingerprint density at radius 2 is 1.58 bits per heavy atom. The third-order valence-corrected chi connectivity index (χ3v) is 5.94. The maximum Gasteiger partial charge on any atom is 0.227 e. The molecule has 2 fully saturated rings. The van der Waals surface area contributed by atoms with Crippen LogP contribution < -0.4 is 5.32 Å². The van der Waals surface area contributed by atoms with Crippen LogP contribution in [0.25, 0.3) is 0 Å². The third-order valence-electron chi connectivity index (χ3n) is 5.25. The van der Waals surface area contributed by atoms with Gasteiger partial charge in [0.25, 0.3) is 0 Å². The lowest BCUT2D eigenvalue weighted by Gasteiger charge is -2.33. The van der Waals surface area contributed by atoms with E-state index in [1.807, 2.05) is 29.2 Å². The second-order valence-electron chi connectivity index (χ2n) is 6.90. The molecule has 0 radical (unpaired) electrons. The van der Waals surface area contributed by atoms with Gasteiger partial charge >= 0.3 is 0 Å². The van der Waals surface area contributed by atoms with E-state index in [1.165, 1.54) is 6.42 Å². The molecule has 0 atom stereocenters. The minimum Gasteiger partial charge on any atom is -0.342 e. The van der Waals surface area contributed by atoms with Gasteiger partial charge in [-0.3, -0.25) is 9.59 Å². The molecule has 0 aromatic heterocycles. The van der Waals surface area contributed by atoms with E-state index < -0.39 is 0 Å². The van der Waals surface area contributed by atoms with Gasteiger partial charge in [-0.25, -0.2) is 0 Å². The molecule has 0 spiro atoms. The average molecular weight is 393 g/mol. The zero-order chi connectivity index (χ0) is 16.9. The molecule has 2 amide bonds. The number of piperidine rings is 1. The topological polar surface area (TPSA) is 49.4 Å². The molecular formula is C19H25BrN2O2. The number of likely N-dealkylation sites (tertiary alicyclic amines) is 1. The second-order valence-corrected chi connectivity index (χ2v) is 7.76. The summed E-state index contributed by atoms with van der Waals surface area (Å²) in [5.74, 6) is 0.531. The number of para-hydroxylation sites is 1. The number of hydrogen-bond donors (Lipinski definition) is 1. The average Bonchev–Trinajstić information content (AvgIpc) is 2.64. The van der Waals surface area contributed by atoms with E-state index in [-0.39, 0.29) is 17.7 Å². The number of hydrogen-bond acceptors (Lipinski definition) is 2. The van der Waals surface area contributed by atoms with Crippen LogP contribution in [-0.2, 0) is 9.59 Å². The van der Waals surface area contributed by atoms with Crippen molar-refractivity contribution in [2.75, 3.05) is 18.4 Å². The van der Waals surface area contributed by atoms with Gasteiger partial charge in [0.05, 0.1) is 5.69 Å². The normalized spacial score (nSPS) is 24.5. The van der Waals surface area contributed by atoms with Crippen LogP contribution in [0, 0.1) is 11.8 Å². The minimum atomic E-state index is 0.0162. The summed E-state index contributed by atoms with van der Waals surface area (Å²) in [6.07, 6.45) is 6.80. The largest absolute Gasteiger partial charge is 0.342 e. The number of carbonyl (C=O) groups is 2. The Morgan fingerprint density at radius 3 is 2.25 bits per heavy atom. The molecule has 5 heteroatoms. The van der Waals surface area contributed by atoms with E-state index in [1.54, 1.807) is 0 Å². The molecule has 4 nitrogen and oxygen atoms in total. The van der Waals surface area contributed by atoms with Gasteiger partial charge in [0.15, 0.2) is 0 Å². The maximum atomic E-state index is 12.6. The Bertz CT molecular complexity index is 591. The second kappa shape index (κ2) is 8.15. The van der Waals surface area contributed by atoms with Crippen molar-refractivity contribution >= 4 is 33.4 Å². The fraction of sp³-hybridized carbons (Fsp3) is 0.579. The number of halogens is 1. The van der Waals surface area contributed by atoms with E-state index in [0.717, 1.165) is 61.8 Å². The van der Waals surface area contributed by atoms with Crippen molar-refractivity contribution in [1.82, 2.24) is 4.90 Å². The van der Waals surface area contributed by atoms with Crippen LogP contribution >= 0.6 is 15.9 Å². The molecule has 1 aliphatic carbocycles. The molecule has 24 heavy (non-hydrogen) atoms. The highest BCUT2D eigenvalue weighted by molar-refractivity contribution is 9.10. The molecule has 130 valence electrons. The van der Waals surface area contributed by atoms with Crippen molar-refractivity contribution in [2.24, 2.45) is 11.8 Å². The molecule has 1 saturated carbocycles. The summed E-state index contributed by atoms with van der Waals surface area (Å²) in [5, 5.41) is 3.01. The molecule has 1 aliphatic heterocycles. The Morgan fingerprint density at radius 1 is 0.958 bits per heavy atom. The Hall–Kier alpha value is -1.36. The van der Waals surface area contributed by atoms with Gasteiger partial charge in [-0.1, -0.05) is 12.1 Å². The monoisotopic (exact) mass is 392 g/mol. The van der Waals surface area contributed by atoms with Gasteiger partial charge in [-0.15, -0.1) is 0 Å². The number of nitrogens with one attached hydrogen (secondary N) is 1. The molecular weight excluding hydrogens is 368 g/mol. The van der Waals surface area contributed by atoms with E-state index in [2.05, 4.69) is 21.2 Å². The summed E-state index contributed by atoms with van der Waals surface area (Å²) in [5.41, 5.74) is 0.814. The third kappa shape index (κ3) is 4.18. The number of benzene rings is 1. The summed E-state index contributed by atoms with van der Waals surface area (Å²) >= 11 is 3.46. The van der Waals surface area contributed by atoms with Gasteiger partial charge in [0.2, 0.25) is 11.8 Å². The van der Waals surface area contributed by atoms with E-state index in [9.17, 15) is 9.59 Å². The molecule has 1 heterocycles. The van der Waals surface area contributed by atoms with Crippen LogP contribution in [0.15, 0.2) is 28.7 Å². The molecule has 1 saturated heterocycles. The highest BCUT2D eigenvalue weighted by atomic mass is 79.9. The zero-order valence-electron chi connectivity index (χ0n) is 14.0. The highest BCUT2D eigenvalue weighted by Crippen LogP contribution is 2.32. The van der Waals surface area contributed by atoms with Crippen LogP contribution in [0.3, 0.4) is 0 Å². The van der Waals surface area contributed by atoms with Crippen molar-refractivity contribution in [3.05, 3.63) is 28.7 Å². The summed E-state index contributed by atoms with van der Waals surface area (Å²) in [4.78, 5) is 27.1. The number of rotatable bonds is 3. The molecule has 2 aliphatic rings. The molecule has 1 aromatic rings. The first-order chi connectivity index (χ1) is 11.6. The standard InChI is InChI=1S/C19H25BrN2O2/c20-16-6-2-3-7-17(16)21-18(23)14-8-10-15(11-9-14)19(24)22-12-4-1-5-13-22/h2-3,6-7,14-15H,1,4-5,8-13H2,(H,21,23). The summed E-state index contributed by atoms with van der Waals surface area (Å²) in [6.45, 7) is 1.84. The number of anilines is 1. The van der Waals surface area contributed by atoms with Gasteiger partial charge in [0.1, 0.15) is 0 Å². The first-order valence-electron chi connectivity index (χ1n) is 8.99. The smallest absolute Gasteiger partial charge is 0.227 e. The molecule has 3 rings (SSSR count). The minimum absolute atomic E-state index is 0.0162. The van der Waals surface area contributed by atoms with Crippen LogP contribution in [0.4, 0.5) is 5.69 Å². The predicted molar refractivity (Wildman–Crippen MR) is 98.7 cm³/mol. The van der Waals surface area contributed by atoms with Crippen LogP contribution in [0.2, 0.25) is 0 Å². The molecule has 1 aromatic carbocycles. The number of carbonyl (C=O) groups excluding carboxylic acids is 2. The van der Waals surface area contributed by atoms with Crippen LogP contribution in [-0.4, -0.2) is 29.8 Å². The van der Waals surface area contributed by atoms with Crippen molar-refractivity contribution in [3.63, 3.8) is 0 Å². The van der Waals surface area contributed by atoms with Crippen molar-refractivity contribution in [1.29, 1.82) is 0 Å². The SMILES string of the molecule is O=C(Nc1ccccc1Br)C1CCC(C(=O)N2CCCCC2)CC1. The van der Waals surface area contributed by atoms with Crippen LogP contribution in [0.5, 0.6) is 0 Å². The van der Waals surface area contributed by atoms with Gasteiger partial charge in [-0.2, -0.15) is 0 Å². The maximum absolute atomic E-state index is 12.6. The first kappa shape index (κ1) is 17.5. The lowest BCUT2D eigenvalue weighted by Crippen LogP contribution is -2.41. The van der Waals surface area contributed by atoms with Gasteiger partial charge in [-0.05, 0) is 73.0 Å².